The summed E-state index contributed by atoms with van der Waals surface area (Å²) in [6.07, 6.45) is 35.6. The zero-order chi connectivity index (χ0) is 37.3. The van der Waals surface area contributed by atoms with Gasteiger partial charge >= 0.3 is 17.9 Å². The minimum atomic E-state index is -0.0991. The molecule has 0 radical (unpaired) electrons. The highest BCUT2D eigenvalue weighted by molar-refractivity contribution is 5.70. The Bertz CT molecular complexity index is 996. The highest BCUT2D eigenvalue weighted by atomic mass is 16.5. The van der Waals surface area contributed by atoms with E-state index in [1.165, 1.54) is 77.0 Å². The Morgan fingerprint density at radius 1 is 0.673 bits per heavy atom. The zero-order valence-electron chi connectivity index (χ0n) is 34.0. The molecule has 3 atom stereocenters. The molecule has 300 valence electrons. The first kappa shape index (κ1) is 44.5. The maximum Gasteiger partial charge on any atom is 0.306 e. The molecule has 4 aliphatic rings. The summed E-state index contributed by atoms with van der Waals surface area (Å²) in [6, 6.07) is 0. The maximum atomic E-state index is 12.8. The molecule has 4 fully saturated rings. The summed E-state index contributed by atoms with van der Waals surface area (Å²) in [4.78, 5) is 39.5. The predicted octanol–water partition coefficient (Wildman–Crippen LogP) is 11.3. The standard InChI is InChI=1S/C45H79NO6/c1-4-5-6-7-9-15-20-30-50-42(47)25-19-14-11-13-18-24-41(52-43(48)26-22-29-46(2)3)23-17-12-8-10-16-21-31-51-44(49)37-45-28-27-38-32-39(35-45)34-40(33-38)36-45/h15,20,38-41H,4-14,16-19,21-37H2,1-3H3/b20-15-. The Morgan fingerprint density at radius 3 is 1.98 bits per heavy atom. The van der Waals surface area contributed by atoms with Gasteiger partial charge in [-0.15, -0.1) is 0 Å². The lowest BCUT2D eigenvalue weighted by atomic mass is 9.60. The first-order valence-electron chi connectivity index (χ1n) is 22.1. The van der Waals surface area contributed by atoms with Crippen molar-refractivity contribution in [2.45, 2.75) is 199 Å². The van der Waals surface area contributed by atoms with Gasteiger partial charge in [-0.1, -0.05) is 83.3 Å². The summed E-state index contributed by atoms with van der Waals surface area (Å²) in [5.41, 5.74) is 0.246. The third-order valence-corrected chi connectivity index (χ3v) is 12.2. The lowest BCUT2D eigenvalue weighted by molar-refractivity contribution is -0.150. The monoisotopic (exact) mass is 730 g/mol. The molecular formula is C45H79NO6. The zero-order valence-corrected chi connectivity index (χ0v) is 34.0. The van der Waals surface area contributed by atoms with E-state index < -0.39 is 0 Å². The van der Waals surface area contributed by atoms with Crippen LogP contribution in [0.1, 0.15) is 193 Å². The van der Waals surface area contributed by atoms with E-state index in [1.54, 1.807) is 0 Å². The van der Waals surface area contributed by atoms with Crippen LogP contribution < -0.4 is 0 Å². The average Bonchev–Trinajstić information content (AvgIpc) is 3.30. The minimum Gasteiger partial charge on any atom is -0.466 e. The number of carbonyl (C=O) groups is 3. The summed E-state index contributed by atoms with van der Waals surface area (Å²) in [5, 5.41) is 0. The van der Waals surface area contributed by atoms with Crippen LogP contribution in [0.15, 0.2) is 12.2 Å². The Balaban J connectivity index is 1.20. The first-order chi connectivity index (χ1) is 25.3. The lowest BCUT2D eigenvalue weighted by Gasteiger charge is -2.45. The van der Waals surface area contributed by atoms with Gasteiger partial charge in [0.05, 0.1) is 13.0 Å². The van der Waals surface area contributed by atoms with Crippen molar-refractivity contribution in [3.8, 4) is 0 Å². The maximum absolute atomic E-state index is 12.8. The van der Waals surface area contributed by atoms with Gasteiger partial charge in [0.15, 0.2) is 0 Å². The molecule has 0 N–H and O–H groups in total. The predicted molar refractivity (Wildman–Crippen MR) is 212 cm³/mol. The quantitative estimate of drug-likeness (QED) is 0.0304. The van der Waals surface area contributed by atoms with Crippen molar-refractivity contribution in [1.82, 2.24) is 4.90 Å². The molecule has 4 rings (SSSR count). The molecule has 0 aromatic rings. The van der Waals surface area contributed by atoms with Crippen LogP contribution in [0.25, 0.3) is 0 Å². The smallest absolute Gasteiger partial charge is 0.306 e. The van der Waals surface area contributed by atoms with Crippen molar-refractivity contribution in [1.29, 1.82) is 0 Å². The summed E-state index contributed by atoms with van der Waals surface area (Å²) in [5.74, 6) is 2.55. The van der Waals surface area contributed by atoms with E-state index in [9.17, 15) is 14.4 Å². The molecular weight excluding hydrogens is 650 g/mol. The van der Waals surface area contributed by atoms with E-state index in [1.807, 2.05) is 20.2 Å². The fraction of sp³-hybridized carbons (Fsp3) is 0.889. The largest absolute Gasteiger partial charge is 0.466 e. The van der Waals surface area contributed by atoms with Crippen LogP contribution in [-0.2, 0) is 28.6 Å². The second-order valence-electron chi connectivity index (χ2n) is 17.4. The number of fused-ring (bicyclic) bond motifs is 1. The first-order valence-corrected chi connectivity index (χ1v) is 22.1. The molecule has 0 saturated heterocycles. The Kier molecular flexibility index (Phi) is 22.9. The van der Waals surface area contributed by atoms with Crippen molar-refractivity contribution < 1.29 is 28.6 Å². The summed E-state index contributed by atoms with van der Waals surface area (Å²) in [7, 11) is 4.06. The van der Waals surface area contributed by atoms with Crippen molar-refractivity contribution in [2.75, 3.05) is 33.9 Å². The number of hydrogen-bond donors (Lipinski definition) is 0. The molecule has 52 heavy (non-hydrogen) atoms. The van der Waals surface area contributed by atoms with Gasteiger partial charge in [-0.3, -0.25) is 14.4 Å². The molecule has 0 spiro atoms. The van der Waals surface area contributed by atoms with Crippen LogP contribution in [0.3, 0.4) is 0 Å². The van der Waals surface area contributed by atoms with E-state index in [4.69, 9.17) is 14.2 Å². The van der Waals surface area contributed by atoms with Gasteiger partial charge in [0.1, 0.15) is 12.7 Å². The van der Waals surface area contributed by atoms with E-state index in [-0.39, 0.29) is 29.4 Å². The van der Waals surface area contributed by atoms with Crippen molar-refractivity contribution in [3.63, 3.8) is 0 Å². The summed E-state index contributed by atoms with van der Waals surface area (Å²) < 4.78 is 17.1. The molecule has 4 aliphatic carbocycles. The number of ether oxygens (including phenoxy) is 3. The Morgan fingerprint density at radius 2 is 1.29 bits per heavy atom. The van der Waals surface area contributed by atoms with Gasteiger partial charge in [0.25, 0.3) is 0 Å². The Hall–Kier alpha value is -1.89. The lowest BCUT2D eigenvalue weighted by Crippen LogP contribution is -2.36. The van der Waals surface area contributed by atoms with Gasteiger partial charge < -0.3 is 19.1 Å². The van der Waals surface area contributed by atoms with Gasteiger partial charge in [-0.2, -0.15) is 0 Å². The highest BCUT2D eigenvalue weighted by Crippen LogP contribution is 2.58. The topological polar surface area (TPSA) is 82.1 Å². The average molecular weight is 730 g/mol. The number of unbranched alkanes of at least 4 members (excludes halogenated alkanes) is 13. The minimum absolute atomic E-state index is 0.000817. The molecule has 0 aromatic heterocycles. The third-order valence-electron chi connectivity index (χ3n) is 12.2. The van der Waals surface area contributed by atoms with Crippen LogP contribution >= 0.6 is 0 Å². The molecule has 4 bridgehead atoms. The number of nitrogens with zero attached hydrogens (tertiary/aromatic N) is 1. The van der Waals surface area contributed by atoms with E-state index in [0.29, 0.717) is 32.5 Å². The van der Waals surface area contributed by atoms with Crippen LogP contribution in [0.4, 0.5) is 0 Å². The van der Waals surface area contributed by atoms with Crippen molar-refractivity contribution in [2.24, 2.45) is 23.2 Å². The van der Waals surface area contributed by atoms with Crippen LogP contribution in [-0.4, -0.2) is 62.8 Å². The molecule has 3 unspecified atom stereocenters. The molecule has 7 heteroatoms. The fourth-order valence-electron chi connectivity index (χ4n) is 9.56. The molecule has 7 nitrogen and oxygen atoms in total. The number of carbonyl (C=O) groups excluding carboxylic acids is 3. The van der Waals surface area contributed by atoms with Gasteiger partial charge in [-0.05, 0) is 147 Å². The van der Waals surface area contributed by atoms with E-state index >= 15 is 0 Å². The van der Waals surface area contributed by atoms with Crippen LogP contribution in [0.5, 0.6) is 0 Å². The summed E-state index contributed by atoms with van der Waals surface area (Å²) in [6.45, 7) is 4.07. The molecule has 0 aromatic carbocycles. The summed E-state index contributed by atoms with van der Waals surface area (Å²) >= 11 is 0. The molecule has 0 aliphatic heterocycles. The molecule has 4 saturated carbocycles. The van der Waals surface area contributed by atoms with Gasteiger partial charge in [0.2, 0.25) is 0 Å². The van der Waals surface area contributed by atoms with Gasteiger partial charge in [-0.25, -0.2) is 0 Å². The van der Waals surface area contributed by atoms with Crippen molar-refractivity contribution in [3.05, 3.63) is 12.2 Å². The van der Waals surface area contributed by atoms with Gasteiger partial charge in [0, 0.05) is 12.8 Å². The second-order valence-corrected chi connectivity index (χ2v) is 17.4. The van der Waals surface area contributed by atoms with E-state index in [2.05, 4.69) is 17.9 Å². The molecule has 0 heterocycles. The third kappa shape index (κ3) is 20.0. The fourth-order valence-corrected chi connectivity index (χ4v) is 9.56. The SMILES string of the molecule is CCCCCC/C=C\COC(=O)CCCCCCCC(CCCCCCCCOC(=O)CC12CCC3CC(CC(C3)C1)C2)OC(=O)CCCN(C)C. The number of hydrogen-bond acceptors (Lipinski definition) is 7. The molecule has 0 amide bonds. The second kappa shape index (κ2) is 26.8. The van der Waals surface area contributed by atoms with Crippen LogP contribution in [0.2, 0.25) is 0 Å². The van der Waals surface area contributed by atoms with E-state index in [0.717, 1.165) is 114 Å². The Labute approximate surface area is 319 Å². The van der Waals surface area contributed by atoms with Crippen molar-refractivity contribution >= 4 is 17.9 Å². The van der Waals surface area contributed by atoms with Crippen LogP contribution in [0, 0.1) is 23.2 Å². The number of esters is 3. The number of rotatable bonds is 31. The highest BCUT2D eigenvalue weighted by Gasteiger charge is 2.48. The number of allylic oxidation sites excluding steroid dienone is 1. The normalized spacial score (nSPS) is 22.9.